The van der Waals surface area contributed by atoms with Gasteiger partial charge in [-0.2, -0.15) is 0 Å². The van der Waals surface area contributed by atoms with Crippen molar-refractivity contribution < 1.29 is 0 Å². The molecule has 0 radical (unpaired) electrons. The molecular formula is C9H15N. The predicted octanol–water partition coefficient (Wildman–Crippen LogP) is 2.52. The number of allylic oxidation sites excluding steroid dienone is 2. The van der Waals surface area contributed by atoms with E-state index in [2.05, 4.69) is 31.9 Å². The number of rotatable bonds is 1. The molecule has 1 rings (SSSR count). The molecule has 10 heavy (non-hydrogen) atoms. The highest BCUT2D eigenvalue weighted by Crippen LogP contribution is 2.29. The normalized spacial score (nSPS) is 19.3. The number of hydrogen-bond acceptors (Lipinski definition) is 1. The van der Waals surface area contributed by atoms with Crippen LogP contribution >= 0.6 is 0 Å². The molecule has 0 aromatic heterocycles. The molecule has 1 aliphatic heterocycles. The summed E-state index contributed by atoms with van der Waals surface area (Å²) in [5.41, 5.74) is 2.44. The summed E-state index contributed by atoms with van der Waals surface area (Å²) in [4.78, 5) is 2.22. The molecule has 1 nitrogen and oxygen atoms in total. The second-order valence-corrected chi connectivity index (χ2v) is 3.10. The van der Waals surface area contributed by atoms with Gasteiger partial charge in [0, 0.05) is 17.4 Å². The van der Waals surface area contributed by atoms with Crippen LogP contribution in [0.5, 0.6) is 0 Å². The van der Waals surface area contributed by atoms with Crippen molar-refractivity contribution in [3.8, 4) is 0 Å². The molecule has 0 aliphatic carbocycles. The van der Waals surface area contributed by atoms with Gasteiger partial charge in [-0.1, -0.05) is 13.2 Å². The zero-order chi connectivity index (χ0) is 7.72. The van der Waals surface area contributed by atoms with Crippen molar-refractivity contribution in [2.45, 2.75) is 32.7 Å². The van der Waals surface area contributed by atoms with E-state index < -0.39 is 0 Å². The van der Waals surface area contributed by atoms with E-state index in [1.807, 2.05) is 0 Å². The lowest BCUT2D eigenvalue weighted by atomic mass is 10.3. The summed E-state index contributed by atoms with van der Waals surface area (Å²) in [7, 11) is 0. The maximum atomic E-state index is 3.97. The third kappa shape index (κ3) is 1.08. The van der Waals surface area contributed by atoms with Gasteiger partial charge in [-0.15, -0.1) is 0 Å². The molecule has 0 aromatic carbocycles. The summed E-state index contributed by atoms with van der Waals surface area (Å²) < 4.78 is 0. The van der Waals surface area contributed by atoms with Crippen LogP contribution in [0.3, 0.4) is 0 Å². The van der Waals surface area contributed by atoms with Gasteiger partial charge in [0.15, 0.2) is 0 Å². The van der Waals surface area contributed by atoms with Crippen LogP contribution in [0.2, 0.25) is 0 Å². The molecule has 0 saturated carbocycles. The Labute approximate surface area is 63.0 Å². The van der Waals surface area contributed by atoms with Crippen LogP contribution < -0.4 is 0 Å². The minimum atomic E-state index is 0.530. The largest absolute Gasteiger partial charge is 0.347 e. The molecule has 1 heteroatoms. The summed E-state index contributed by atoms with van der Waals surface area (Å²) in [6.45, 7) is 12.3. The molecule has 0 bridgehead atoms. The van der Waals surface area contributed by atoms with Gasteiger partial charge in [0.05, 0.1) is 0 Å². The van der Waals surface area contributed by atoms with Crippen molar-refractivity contribution in [1.29, 1.82) is 0 Å². The smallest absolute Gasteiger partial charge is 0.0278 e. The fourth-order valence-electron chi connectivity index (χ4n) is 1.48. The van der Waals surface area contributed by atoms with Crippen LogP contribution in [0.15, 0.2) is 24.6 Å². The van der Waals surface area contributed by atoms with E-state index in [1.54, 1.807) is 0 Å². The molecule has 0 spiro atoms. The first-order valence-electron chi connectivity index (χ1n) is 3.77. The molecule has 1 saturated heterocycles. The van der Waals surface area contributed by atoms with Gasteiger partial charge >= 0.3 is 0 Å². The van der Waals surface area contributed by atoms with Crippen LogP contribution in [-0.2, 0) is 0 Å². The second-order valence-electron chi connectivity index (χ2n) is 3.10. The van der Waals surface area contributed by atoms with Crippen molar-refractivity contribution in [2.24, 2.45) is 0 Å². The SMILES string of the molecule is C=C1CCC(=C)N1C(C)C. The third-order valence-corrected chi connectivity index (χ3v) is 1.90. The average Bonchev–Trinajstić information content (AvgIpc) is 2.11. The van der Waals surface area contributed by atoms with Gasteiger partial charge in [0.1, 0.15) is 0 Å². The van der Waals surface area contributed by atoms with Crippen molar-refractivity contribution in [3.63, 3.8) is 0 Å². The van der Waals surface area contributed by atoms with E-state index in [-0.39, 0.29) is 0 Å². The number of nitrogens with zero attached hydrogens (tertiary/aromatic N) is 1. The maximum Gasteiger partial charge on any atom is 0.0278 e. The lowest BCUT2D eigenvalue weighted by Gasteiger charge is -2.24. The highest BCUT2D eigenvalue weighted by atomic mass is 15.2. The fourth-order valence-corrected chi connectivity index (χ4v) is 1.48. The summed E-state index contributed by atoms with van der Waals surface area (Å²) in [6, 6.07) is 0.530. The topological polar surface area (TPSA) is 3.24 Å². The van der Waals surface area contributed by atoms with Gasteiger partial charge in [-0.05, 0) is 26.7 Å². The molecular weight excluding hydrogens is 122 g/mol. The summed E-state index contributed by atoms with van der Waals surface area (Å²) in [6.07, 6.45) is 2.19. The Kier molecular flexibility index (Phi) is 1.84. The quantitative estimate of drug-likeness (QED) is 0.536. The van der Waals surface area contributed by atoms with Crippen LogP contribution in [0, 0.1) is 0 Å². The monoisotopic (exact) mass is 137 g/mol. The van der Waals surface area contributed by atoms with Gasteiger partial charge in [-0.3, -0.25) is 0 Å². The molecule has 56 valence electrons. The molecule has 0 atom stereocenters. The van der Waals surface area contributed by atoms with Crippen molar-refractivity contribution >= 4 is 0 Å². The molecule has 0 N–H and O–H groups in total. The van der Waals surface area contributed by atoms with E-state index in [0.29, 0.717) is 6.04 Å². The van der Waals surface area contributed by atoms with E-state index in [4.69, 9.17) is 0 Å². The van der Waals surface area contributed by atoms with Crippen LogP contribution in [0.25, 0.3) is 0 Å². The van der Waals surface area contributed by atoms with Crippen molar-refractivity contribution in [3.05, 3.63) is 24.6 Å². The standard InChI is InChI=1S/C9H15N/c1-7(2)10-8(3)5-6-9(10)4/h7H,3-6H2,1-2H3. The molecule has 1 heterocycles. The molecule has 0 aromatic rings. The molecule has 0 amide bonds. The summed E-state index contributed by atoms with van der Waals surface area (Å²) >= 11 is 0. The first kappa shape index (κ1) is 7.39. The van der Waals surface area contributed by atoms with E-state index in [0.717, 1.165) is 12.8 Å². The molecule has 1 aliphatic rings. The zero-order valence-electron chi connectivity index (χ0n) is 6.85. The van der Waals surface area contributed by atoms with E-state index in [1.165, 1.54) is 11.4 Å². The molecule has 1 fully saturated rings. The Balaban J connectivity index is 2.72. The summed E-state index contributed by atoms with van der Waals surface area (Å²) in [5.74, 6) is 0. The first-order chi connectivity index (χ1) is 4.63. The minimum absolute atomic E-state index is 0.530. The van der Waals surface area contributed by atoms with Crippen LogP contribution in [-0.4, -0.2) is 10.9 Å². The van der Waals surface area contributed by atoms with E-state index >= 15 is 0 Å². The Hall–Kier alpha value is -0.720. The highest BCUT2D eigenvalue weighted by molar-refractivity contribution is 5.16. The van der Waals surface area contributed by atoms with Gasteiger partial charge < -0.3 is 4.90 Å². The maximum absolute atomic E-state index is 3.97. The molecule has 0 unspecified atom stereocenters. The predicted molar refractivity (Wildman–Crippen MR) is 44.5 cm³/mol. The van der Waals surface area contributed by atoms with Crippen molar-refractivity contribution in [1.82, 2.24) is 4.90 Å². The average molecular weight is 137 g/mol. The highest BCUT2D eigenvalue weighted by Gasteiger charge is 2.20. The van der Waals surface area contributed by atoms with Crippen LogP contribution in [0.1, 0.15) is 26.7 Å². The Morgan fingerprint density at radius 2 is 1.60 bits per heavy atom. The zero-order valence-corrected chi connectivity index (χ0v) is 6.85. The van der Waals surface area contributed by atoms with Gasteiger partial charge in [0.25, 0.3) is 0 Å². The Morgan fingerprint density at radius 3 is 1.80 bits per heavy atom. The minimum Gasteiger partial charge on any atom is -0.347 e. The summed E-state index contributed by atoms with van der Waals surface area (Å²) in [5, 5.41) is 0. The third-order valence-electron chi connectivity index (χ3n) is 1.90. The number of likely N-dealkylation sites (tertiary alicyclic amines) is 1. The Bertz CT molecular complexity index is 152. The van der Waals surface area contributed by atoms with E-state index in [9.17, 15) is 0 Å². The fraction of sp³-hybridized carbons (Fsp3) is 0.556. The number of hydrogen-bond donors (Lipinski definition) is 0. The lowest BCUT2D eigenvalue weighted by Crippen LogP contribution is -2.23. The second kappa shape index (κ2) is 2.49. The van der Waals surface area contributed by atoms with Crippen molar-refractivity contribution in [2.75, 3.05) is 0 Å². The van der Waals surface area contributed by atoms with Crippen LogP contribution in [0.4, 0.5) is 0 Å². The first-order valence-corrected chi connectivity index (χ1v) is 3.77. The lowest BCUT2D eigenvalue weighted by molar-refractivity contribution is 0.379. The Morgan fingerprint density at radius 1 is 1.20 bits per heavy atom. The van der Waals surface area contributed by atoms with Gasteiger partial charge in [0.2, 0.25) is 0 Å². The van der Waals surface area contributed by atoms with Gasteiger partial charge in [-0.25, -0.2) is 0 Å².